The zero-order valence-corrected chi connectivity index (χ0v) is 10.8. The maximum absolute atomic E-state index is 12.0. The molecule has 0 aliphatic carbocycles. The smallest absolute Gasteiger partial charge is 0.193 e. The molecule has 2 aromatic carbocycles. The second-order valence-corrected chi connectivity index (χ2v) is 4.71. The molecule has 3 rings (SSSR count). The topological polar surface area (TPSA) is 50.4 Å². The van der Waals surface area contributed by atoms with Gasteiger partial charge in [0, 0.05) is 12.5 Å². The van der Waals surface area contributed by atoms with Gasteiger partial charge in [0.05, 0.1) is 5.39 Å². The Morgan fingerprint density at radius 2 is 1.70 bits per heavy atom. The highest BCUT2D eigenvalue weighted by Gasteiger charge is 2.13. The molecule has 1 N–H and O–H groups in total. The first-order valence-corrected chi connectivity index (χ1v) is 6.49. The highest BCUT2D eigenvalue weighted by atomic mass is 16.4. The van der Waals surface area contributed by atoms with Gasteiger partial charge in [0.15, 0.2) is 5.43 Å². The van der Waals surface area contributed by atoms with Crippen LogP contribution in [0.2, 0.25) is 0 Å². The van der Waals surface area contributed by atoms with Crippen molar-refractivity contribution in [3.05, 3.63) is 82.2 Å². The fraction of sp³-hybridized carbons (Fsp3) is 0.118. The molecule has 20 heavy (non-hydrogen) atoms. The number of hydrogen-bond donors (Lipinski definition) is 1. The highest BCUT2D eigenvalue weighted by Crippen LogP contribution is 2.20. The zero-order valence-electron chi connectivity index (χ0n) is 10.8. The molecule has 0 aliphatic rings. The molecule has 3 nitrogen and oxygen atoms in total. The Labute approximate surface area is 116 Å². The Kier molecular flexibility index (Phi) is 3.35. The first-order valence-electron chi connectivity index (χ1n) is 6.49. The summed E-state index contributed by atoms with van der Waals surface area (Å²) in [6, 6.07) is 18.0. The highest BCUT2D eigenvalue weighted by molar-refractivity contribution is 5.76. The van der Waals surface area contributed by atoms with Crippen molar-refractivity contribution in [2.45, 2.75) is 12.5 Å². The zero-order chi connectivity index (χ0) is 13.9. The number of aliphatic hydroxyl groups is 1. The minimum absolute atomic E-state index is 0.131. The van der Waals surface area contributed by atoms with Crippen molar-refractivity contribution in [2.75, 3.05) is 0 Å². The van der Waals surface area contributed by atoms with Gasteiger partial charge in [0.1, 0.15) is 17.4 Å². The lowest BCUT2D eigenvalue weighted by atomic mass is 10.1. The third-order valence-corrected chi connectivity index (χ3v) is 3.25. The van der Waals surface area contributed by atoms with Crippen molar-refractivity contribution < 1.29 is 9.52 Å². The number of benzene rings is 2. The van der Waals surface area contributed by atoms with Gasteiger partial charge in [-0.25, -0.2) is 0 Å². The van der Waals surface area contributed by atoms with Crippen LogP contribution in [0.3, 0.4) is 0 Å². The molecule has 1 aromatic heterocycles. The quantitative estimate of drug-likeness (QED) is 0.792. The minimum atomic E-state index is -0.824. The van der Waals surface area contributed by atoms with Gasteiger partial charge in [-0.3, -0.25) is 4.79 Å². The molecule has 1 unspecified atom stereocenters. The normalized spacial score (nSPS) is 12.4. The molecular weight excluding hydrogens is 252 g/mol. The second-order valence-electron chi connectivity index (χ2n) is 4.71. The van der Waals surface area contributed by atoms with Crippen LogP contribution >= 0.6 is 0 Å². The average molecular weight is 266 g/mol. The van der Waals surface area contributed by atoms with E-state index >= 15 is 0 Å². The van der Waals surface area contributed by atoms with E-state index in [1.807, 2.05) is 30.3 Å². The van der Waals surface area contributed by atoms with Crippen molar-refractivity contribution in [3.63, 3.8) is 0 Å². The molecule has 0 saturated carbocycles. The first-order chi connectivity index (χ1) is 9.74. The van der Waals surface area contributed by atoms with Crippen molar-refractivity contribution in [1.82, 2.24) is 0 Å². The Morgan fingerprint density at radius 1 is 1.00 bits per heavy atom. The van der Waals surface area contributed by atoms with Crippen LogP contribution in [0, 0.1) is 0 Å². The van der Waals surface area contributed by atoms with Gasteiger partial charge in [0.2, 0.25) is 0 Å². The summed E-state index contributed by atoms with van der Waals surface area (Å²) < 4.78 is 5.63. The molecule has 0 aliphatic heterocycles. The maximum atomic E-state index is 12.0. The summed E-state index contributed by atoms with van der Waals surface area (Å²) in [5.41, 5.74) is 1.37. The fourth-order valence-electron chi connectivity index (χ4n) is 2.22. The molecule has 1 heterocycles. The number of aliphatic hydroxyl groups excluding tert-OH is 1. The second kappa shape index (κ2) is 5.31. The summed E-state index contributed by atoms with van der Waals surface area (Å²) in [5, 5.41) is 10.8. The molecule has 0 saturated heterocycles. The average Bonchev–Trinajstić information content (AvgIpc) is 2.48. The van der Waals surface area contributed by atoms with Crippen molar-refractivity contribution >= 4 is 11.0 Å². The molecule has 100 valence electrons. The van der Waals surface area contributed by atoms with E-state index in [1.165, 1.54) is 6.07 Å². The Balaban J connectivity index is 1.96. The molecule has 3 aromatic rings. The first kappa shape index (κ1) is 12.6. The molecule has 0 fully saturated rings. The Bertz CT molecular complexity index is 775. The summed E-state index contributed by atoms with van der Waals surface area (Å²) >= 11 is 0. The van der Waals surface area contributed by atoms with Crippen molar-refractivity contribution in [1.29, 1.82) is 0 Å². The van der Waals surface area contributed by atoms with Crippen LogP contribution in [0.4, 0.5) is 0 Å². The Hall–Kier alpha value is -2.39. The number of rotatable bonds is 3. The maximum Gasteiger partial charge on any atom is 0.193 e. The molecule has 0 radical (unpaired) electrons. The van der Waals surface area contributed by atoms with Crippen LogP contribution in [0.1, 0.15) is 17.4 Å². The third-order valence-electron chi connectivity index (χ3n) is 3.25. The van der Waals surface area contributed by atoms with Gasteiger partial charge >= 0.3 is 0 Å². The largest absolute Gasteiger partial charge is 0.458 e. The van der Waals surface area contributed by atoms with E-state index in [-0.39, 0.29) is 5.43 Å². The van der Waals surface area contributed by atoms with Gasteiger partial charge in [-0.05, 0) is 17.7 Å². The van der Waals surface area contributed by atoms with E-state index in [0.29, 0.717) is 23.2 Å². The number of hydrogen-bond acceptors (Lipinski definition) is 3. The molecular formula is C17H14O3. The summed E-state index contributed by atoms with van der Waals surface area (Å²) in [7, 11) is 0. The number of fused-ring (bicyclic) bond motifs is 1. The monoisotopic (exact) mass is 266 g/mol. The van der Waals surface area contributed by atoms with E-state index < -0.39 is 6.10 Å². The molecule has 0 spiro atoms. The summed E-state index contributed by atoms with van der Waals surface area (Å²) in [4.78, 5) is 12.0. The molecule has 0 bridgehead atoms. The lowest BCUT2D eigenvalue weighted by Gasteiger charge is -2.10. The van der Waals surface area contributed by atoms with Gasteiger partial charge < -0.3 is 9.52 Å². The van der Waals surface area contributed by atoms with E-state index in [1.54, 1.807) is 24.3 Å². The molecule has 1 atom stereocenters. The van der Waals surface area contributed by atoms with Gasteiger partial charge in [-0.2, -0.15) is 0 Å². The van der Waals surface area contributed by atoms with Crippen LogP contribution in [0.25, 0.3) is 11.0 Å². The van der Waals surface area contributed by atoms with Crippen LogP contribution in [0.5, 0.6) is 0 Å². The van der Waals surface area contributed by atoms with E-state index in [4.69, 9.17) is 4.42 Å². The lowest BCUT2D eigenvalue weighted by molar-refractivity contribution is 0.151. The van der Waals surface area contributed by atoms with Crippen LogP contribution < -0.4 is 5.43 Å². The summed E-state index contributed by atoms with van der Waals surface area (Å²) in [6.07, 6.45) is -0.406. The predicted octanol–water partition coefficient (Wildman–Crippen LogP) is 3.07. The predicted molar refractivity (Wildman–Crippen MR) is 77.6 cm³/mol. The third kappa shape index (κ3) is 2.49. The summed E-state index contributed by atoms with van der Waals surface area (Å²) in [5.74, 6) is 0.303. The van der Waals surface area contributed by atoms with Crippen molar-refractivity contribution in [2.24, 2.45) is 0 Å². The SMILES string of the molecule is O=c1cc(C(O)Cc2ccccc2)oc2ccccc12. The van der Waals surface area contributed by atoms with Crippen LogP contribution in [0.15, 0.2) is 69.9 Å². The standard InChI is InChI=1S/C17H14O3/c18-14-11-17(20-16-9-5-4-8-13(14)16)15(19)10-12-6-2-1-3-7-12/h1-9,11,15,19H,10H2. The molecule has 0 amide bonds. The fourth-order valence-corrected chi connectivity index (χ4v) is 2.22. The van der Waals surface area contributed by atoms with E-state index in [2.05, 4.69) is 0 Å². The lowest BCUT2D eigenvalue weighted by Crippen LogP contribution is -2.07. The van der Waals surface area contributed by atoms with Gasteiger partial charge in [-0.1, -0.05) is 42.5 Å². The van der Waals surface area contributed by atoms with Crippen molar-refractivity contribution in [3.8, 4) is 0 Å². The minimum Gasteiger partial charge on any atom is -0.458 e. The van der Waals surface area contributed by atoms with Gasteiger partial charge in [-0.15, -0.1) is 0 Å². The molecule has 3 heteroatoms. The van der Waals surface area contributed by atoms with Crippen LogP contribution in [-0.4, -0.2) is 5.11 Å². The Morgan fingerprint density at radius 3 is 2.50 bits per heavy atom. The summed E-state index contributed by atoms with van der Waals surface area (Å²) in [6.45, 7) is 0. The van der Waals surface area contributed by atoms with Gasteiger partial charge in [0.25, 0.3) is 0 Å². The number of para-hydroxylation sites is 1. The van der Waals surface area contributed by atoms with E-state index in [9.17, 15) is 9.90 Å². The van der Waals surface area contributed by atoms with E-state index in [0.717, 1.165) is 5.56 Å². The van der Waals surface area contributed by atoms with Crippen LogP contribution in [-0.2, 0) is 6.42 Å².